The van der Waals surface area contributed by atoms with Crippen molar-refractivity contribution in [1.82, 2.24) is 10.3 Å². The molecule has 0 atom stereocenters. The molecule has 3 N–H and O–H groups in total. The molecule has 0 aliphatic rings. The third-order valence-electron chi connectivity index (χ3n) is 2.52. The molecule has 0 aliphatic heterocycles. The average molecular weight is 241 g/mol. The summed E-state index contributed by atoms with van der Waals surface area (Å²) in [6.45, 7) is 2.36. The number of benzene rings is 1. The van der Waals surface area contributed by atoms with Gasteiger partial charge in [0, 0.05) is 6.54 Å². The van der Waals surface area contributed by atoms with E-state index in [4.69, 9.17) is 5.73 Å². The molecule has 92 valence electrons. The lowest BCUT2D eigenvalue weighted by Crippen LogP contribution is -2.24. The predicted molar refractivity (Wildman–Crippen MR) is 71.0 cm³/mol. The topological polar surface area (TPSA) is 68.0 Å². The van der Waals surface area contributed by atoms with E-state index >= 15 is 0 Å². The highest BCUT2D eigenvalue weighted by Gasteiger charge is 2.08. The van der Waals surface area contributed by atoms with E-state index in [2.05, 4.69) is 10.3 Å². The van der Waals surface area contributed by atoms with Crippen LogP contribution < -0.4 is 11.1 Å². The zero-order chi connectivity index (χ0) is 13.0. The predicted octanol–water partition coefficient (Wildman–Crippen LogP) is 1.90. The Morgan fingerprint density at radius 1 is 1.28 bits per heavy atom. The molecule has 0 spiro atoms. The van der Waals surface area contributed by atoms with E-state index < -0.39 is 0 Å². The van der Waals surface area contributed by atoms with Crippen LogP contribution in [0.5, 0.6) is 0 Å². The maximum atomic E-state index is 11.9. The van der Waals surface area contributed by atoms with Crippen LogP contribution in [0.15, 0.2) is 42.5 Å². The van der Waals surface area contributed by atoms with Crippen molar-refractivity contribution in [2.24, 2.45) is 0 Å². The number of carbonyl (C=O) groups is 1. The quantitative estimate of drug-likeness (QED) is 0.862. The molecule has 2 aromatic rings. The molecule has 0 radical (unpaired) electrons. The largest absolute Gasteiger partial charge is 0.384 e. The van der Waals surface area contributed by atoms with E-state index in [0.717, 1.165) is 11.1 Å². The molecule has 4 nitrogen and oxygen atoms in total. The Bertz CT molecular complexity index is 532. The zero-order valence-electron chi connectivity index (χ0n) is 10.2. The van der Waals surface area contributed by atoms with Gasteiger partial charge >= 0.3 is 0 Å². The van der Waals surface area contributed by atoms with E-state index in [9.17, 15) is 4.79 Å². The molecule has 0 bridgehead atoms. The van der Waals surface area contributed by atoms with Gasteiger partial charge in [-0.05, 0) is 30.2 Å². The smallest absolute Gasteiger partial charge is 0.270 e. The molecule has 4 heteroatoms. The number of nitrogens with two attached hydrogens (primary N) is 1. The van der Waals surface area contributed by atoms with Gasteiger partial charge in [0.15, 0.2) is 0 Å². The van der Waals surface area contributed by atoms with Crippen molar-refractivity contribution in [3.05, 3.63) is 59.3 Å². The molecule has 1 amide bonds. The molecule has 0 saturated carbocycles. The lowest BCUT2D eigenvalue weighted by Gasteiger charge is -2.06. The van der Waals surface area contributed by atoms with Crippen LogP contribution in [0.3, 0.4) is 0 Å². The van der Waals surface area contributed by atoms with Crippen molar-refractivity contribution in [3.63, 3.8) is 0 Å². The molecule has 18 heavy (non-hydrogen) atoms. The fraction of sp³-hybridized carbons (Fsp3) is 0.143. The third-order valence-corrected chi connectivity index (χ3v) is 2.52. The number of nitrogen functional groups attached to an aromatic ring is 1. The van der Waals surface area contributed by atoms with Gasteiger partial charge < -0.3 is 11.1 Å². The first-order valence-electron chi connectivity index (χ1n) is 5.71. The summed E-state index contributed by atoms with van der Waals surface area (Å²) in [7, 11) is 0. The molecule has 1 aromatic carbocycles. The SMILES string of the molecule is Cc1cc(N)nc(C(=O)NCc2ccccc2)c1. The highest BCUT2D eigenvalue weighted by molar-refractivity contribution is 5.92. The number of hydrogen-bond donors (Lipinski definition) is 2. The molecule has 1 aromatic heterocycles. The maximum Gasteiger partial charge on any atom is 0.270 e. The summed E-state index contributed by atoms with van der Waals surface area (Å²) in [4.78, 5) is 15.9. The molecule has 0 fully saturated rings. The van der Waals surface area contributed by atoms with Crippen molar-refractivity contribution >= 4 is 11.7 Å². The monoisotopic (exact) mass is 241 g/mol. The number of anilines is 1. The molecule has 2 rings (SSSR count). The van der Waals surface area contributed by atoms with Crippen LogP contribution in [0.1, 0.15) is 21.6 Å². The summed E-state index contributed by atoms with van der Waals surface area (Å²) < 4.78 is 0. The van der Waals surface area contributed by atoms with E-state index in [-0.39, 0.29) is 5.91 Å². The Labute approximate surface area is 106 Å². The van der Waals surface area contributed by atoms with Gasteiger partial charge in [-0.25, -0.2) is 4.98 Å². The van der Waals surface area contributed by atoms with E-state index in [1.807, 2.05) is 37.3 Å². The highest BCUT2D eigenvalue weighted by Crippen LogP contribution is 2.06. The Hall–Kier alpha value is -2.36. The van der Waals surface area contributed by atoms with Crippen LogP contribution in [-0.2, 0) is 6.54 Å². The first-order chi connectivity index (χ1) is 8.65. The van der Waals surface area contributed by atoms with Crippen LogP contribution in [0.4, 0.5) is 5.82 Å². The summed E-state index contributed by atoms with van der Waals surface area (Å²) in [5.41, 5.74) is 7.93. The number of carbonyl (C=O) groups excluding carboxylic acids is 1. The molecule has 1 heterocycles. The minimum atomic E-state index is -0.214. The number of amides is 1. The highest BCUT2D eigenvalue weighted by atomic mass is 16.1. The van der Waals surface area contributed by atoms with E-state index in [0.29, 0.717) is 18.1 Å². The number of aryl methyl sites for hydroxylation is 1. The Morgan fingerprint density at radius 3 is 2.67 bits per heavy atom. The van der Waals surface area contributed by atoms with Gasteiger partial charge in [-0.1, -0.05) is 30.3 Å². The fourth-order valence-electron chi connectivity index (χ4n) is 1.68. The maximum absolute atomic E-state index is 11.9. The lowest BCUT2D eigenvalue weighted by molar-refractivity contribution is 0.0946. The summed E-state index contributed by atoms with van der Waals surface area (Å²) in [5, 5.41) is 2.81. The molecule has 0 aliphatic carbocycles. The van der Waals surface area contributed by atoms with Crippen LogP contribution in [-0.4, -0.2) is 10.9 Å². The summed E-state index contributed by atoms with van der Waals surface area (Å²) >= 11 is 0. The second kappa shape index (κ2) is 5.31. The van der Waals surface area contributed by atoms with Crippen molar-refractivity contribution in [1.29, 1.82) is 0 Å². The second-order valence-electron chi connectivity index (χ2n) is 4.12. The first-order valence-corrected chi connectivity index (χ1v) is 5.71. The van der Waals surface area contributed by atoms with E-state index in [1.54, 1.807) is 12.1 Å². The van der Waals surface area contributed by atoms with Crippen LogP contribution in [0, 0.1) is 6.92 Å². The number of pyridine rings is 1. The first kappa shape index (κ1) is 12.1. The summed E-state index contributed by atoms with van der Waals surface area (Å²) in [6, 6.07) is 13.2. The molecule has 0 unspecified atom stereocenters. The van der Waals surface area contributed by atoms with Crippen molar-refractivity contribution < 1.29 is 4.79 Å². The van der Waals surface area contributed by atoms with E-state index in [1.165, 1.54) is 0 Å². The normalized spacial score (nSPS) is 10.1. The third kappa shape index (κ3) is 3.07. The van der Waals surface area contributed by atoms with Crippen molar-refractivity contribution in [2.45, 2.75) is 13.5 Å². The van der Waals surface area contributed by atoms with Crippen LogP contribution >= 0.6 is 0 Å². The summed E-state index contributed by atoms with van der Waals surface area (Å²) in [6.07, 6.45) is 0. The van der Waals surface area contributed by atoms with Crippen LogP contribution in [0.25, 0.3) is 0 Å². The number of hydrogen-bond acceptors (Lipinski definition) is 3. The minimum absolute atomic E-state index is 0.214. The summed E-state index contributed by atoms with van der Waals surface area (Å²) in [5.74, 6) is 0.147. The van der Waals surface area contributed by atoms with Crippen molar-refractivity contribution in [2.75, 3.05) is 5.73 Å². The molecule has 0 saturated heterocycles. The molecular weight excluding hydrogens is 226 g/mol. The molecular formula is C14H15N3O. The fourth-order valence-corrected chi connectivity index (χ4v) is 1.68. The van der Waals surface area contributed by atoms with Gasteiger partial charge in [0.25, 0.3) is 5.91 Å². The number of rotatable bonds is 3. The Balaban J connectivity index is 2.04. The zero-order valence-corrected chi connectivity index (χ0v) is 10.2. The number of nitrogens with zero attached hydrogens (tertiary/aromatic N) is 1. The van der Waals surface area contributed by atoms with Gasteiger partial charge in [-0.3, -0.25) is 4.79 Å². The lowest BCUT2D eigenvalue weighted by atomic mass is 10.2. The van der Waals surface area contributed by atoms with Crippen LogP contribution in [0.2, 0.25) is 0 Å². The Morgan fingerprint density at radius 2 is 2.00 bits per heavy atom. The number of nitrogens with one attached hydrogen (secondary N) is 1. The second-order valence-corrected chi connectivity index (χ2v) is 4.12. The average Bonchev–Trinajstić information content (AvgIpc) is 2.36. The minimum Gasteiger partial charge on any atom is -0.384 e. The van der Waals surface area contributed by atoms with Gasteiger partial charge in [0.1, 0.15) is 11.5 Å². The Kier molecular flexibility index (Phi) is 3.57. The van der Waals surface area contributed by atoms with Gasteiger partial charge in [0.05, 0.1) is 0 Å². The van der Waals surface area contributed by atoms with Crippen molar-refractivity contribution in [3.8, 4) is 0 Å². The van der Waals surface area contributed by atoms with Gasteiger partial charge in [-0.15, -0.1) is 0 Å². The van der Waals surface area contributed by atoms with Gasteiger partial charge in [0.2, 0.25) is 0 Å². The standard InChI is InChI=1S/C14H15N3O/c1-10-7-12(17-13(15)8-10)14(18)16-9-11-5-3-2-4-6-11/h2-8H,9H2,1H3,(H2,15,17)(H,16,18). The number of aromatic nitrogens is 1. The van der Waals surface area contributed by atoms with Gasteiger partial charge in [-0.2, -0.15) is 0 Å².